The smallest absolute Gasteiger partial charge is 0.279 e. The van der Waals surface area contributed by atoms with E-state index in [1.807, 2.05) is 19.0 Å². The van der Waals surface area contributed by atoms with Gasteiger partial charge in [-0.1, -0.05) is 6.92 Å². The van der Waals surface area contributed by atoms with Gasteiger partial charge in [-0.3, -0.25) is 29.6 Å². The zero-order chi connectivity index (χ0) is 20.3. The van der Waals surface area contributed by atoms with Crippen LogP contribution in [0.5, 0.6) is 0 Å². The van der Waals surface area contributed by atoms with Crippen LogP contribution in [0.1, 0.15) is 26.2 Å². The minimum Gasteiger partial charge on any atom is -0.309 e. The highest BCUT2D eigenvalue weighted by Crippen LogP contribution is 2.31. The van der Waals surface area contributed by atoms with Gasteiger partial charge in [0.25, 0.3) is 23.6 Å². The molecule has 0 aromatic carbocycles. The molecular weight excluding hydrogens is 358 g/mol. The van der Waals surface area contributed by atoms with E-state index in [0.29, 0.717) is 6.42 Å². The number of hydroxylamine groups is 4. The van der Waals surface area contributed by atoms with E-state index < -0.39 is 41.6 Å². The summed E-state index contributed by atoms with van der Waals surface area (Å²) in [4.78, 5) is 56.6. The summed E-state index contributed by atoms with van der Waals surface area (Å²) >= 11 is 0. The van der Waals surface area contributed by atoms with Gasteiger partial charge < -0.3 is 4.90 Å². The van der Waals surface area contributed by atoms with E-state index in [-0.39, 0.29) is 22.5 Å². The number of nitrogens with zero attached hydrogens (tertiary/aromatic N) is 5. The highest BCUT2D eigenvalue weighted by atomic mass is 16.5. The molecule has 27 heavy (non-hydrogen) atoms. The number of rotatable bonds is 7. The molecule has 2 fully saturated rings. The summed E-state index contributed by atoms with van der Waals surface area (Å²) in [5.74, 6) is -4.41. The maximum absolute atomic E-state index is 12.2. The average molecular weight is 381 g/mol. The Bertz CT molecular complexity index is 701. The molecule has 0 aromatic heterocycles. The van der Waals surface area contributed by atoms with Gasteiger partial charge in [-0.15, -0.1) is 0 Å². The Morgan fingerprint density at radius 2 is 1.78 bits per heavy atom. The molecule has 2 N–H and O–H groups in total. The van der Waals surface area contributed by atoms with Crippen LogP contribution in [-0.4, -0.2) is 87.8 Å². The van der Waals surface area contributed by atoms with E-state index in [1.165, 1.54) is 0 Å². The quantitative estimate of drug-likeness (QED) is 0.340. The predicted octanol–water partition coefficient (Wildman–Crippen LogP) is -0.602. The lowest BCUT2D eigenvalue weighted by Crippen LogP contribution is -2.29. The van der Waals surface area contributed by atoms with Gasteiger partial charge in [-0.25, -0.2) is 9.98 Å². The third-order valence-electron chi connectivity index (χ3n) is 4.68. The number of imide groups is 2. The number of hydrogen-bond acceptors (Lipinski definition) is 9. The zero-order valence-corrected chi connectivity index (χ0v) is 15.4. The van der Waals surface area contributed by atoms with Crippen LogP contribution in [0.15, 0.2) is 9.98 Å². The lowest BCUT2D eigenvalue weighted by atomic mass is 9.86. The van der Waals surface area contributed by atoms with Gasteiger partial charge in [-0.2, -0.15) is 10.1 Å². The highest BCUT2D eigenvalue weighted by molar-refractivity contribution is 6.06. The molecule has 2 heterocycles. The van der Waals surface area contributed by atoms with Crippen LogP contribution in [-0.2, 0) is 19.2 Å². The Balaban J connectivity index is 2.13. The van der Waals surface area contributed by atoms with Crippen molar-refractivity contribution in [1.82, 2.24) is 15.0 Å². The van der Waals surface area contributed by atoms with Crippen molar-refractivity contribution < 1.29 is 29.6 Å². The maximum Gasteiger partial charge on any atom is 0.279 e. The Morgan fingerprint density at radius 1 is 1.11 bits per heavy atom. The molecule has 0 aromatic rings. The highest BCUT2D eigenvalue weighted by Gasteiger charge is 2.50. The summed E-state index contributed by atoms with van der Waals surface area (Å²) in [6, 6.07) is -0.172. The van der Waals surface area contributed by atoms with Gasteiger partial charge in [0.05, 0.1) is 18.3 Å². The minimum atomic E-state index is -1.20. The molecule has 11 nitrogen and oxygen atoms in total. The minimum absolute atomic E-state index is 0.0226. The Kier molecular flexibility index (Phi) is 6.55. The molecule has 0 radical (unpaired) electrons. The first-order valence-corrected chi connectivity index (χ1v) is 8.57. The van der Waals surface area contributed by atoms with Gasteiger partial charge in [0.15, 0.2) is 12.1 Å². The van der Waals surface area contributed by atoms with E-state index in [4.69, 9.17) is 5.21 Å². The van der Waals surface area contributed by atoms with E-state index in [9.17, 15) is 24.4 Å². The number of amides is 4. The number of carbonyl (C=O) groups is 4. The fourth-order valence-corrected chi connectivity index (χ4v) is 3.13. The SMILES string of the molecule is CC(CCCN(C)C)C1C(=O)N(O)C(=O)C1N=C=NC1CC(=O)N(O)C1=O. The second-order valence-electron chi connectivity index (χ2n) is 7.00. The lowest BCUT2D eigenvalue weighted by Gasteiger charge is -2.19. The van der Waals surface area contributed by atoms with Crippen LogP contribution in [0.3, 0.4) is 0 Å². The first-order valence-electron chi connectivity index (χ1n) is 8.57. The van der Waals surface area contributed by atoms with Crippen molar-refractivity contribution in [1.29, 1.82) is 0 Å². The molecule has 11 heteroatoms. The molecule has 0 spiro atoms. The zero-order valence-electron chi connectivity index (χ0n) is 15.4. The summed E-state index contributed by atoms with van der Waals surface area (Å²) < 4.78 is 0. The fourth-order valence-electron chi connectivity index (χ4n) is 3.13. The number of aliphatic imine (C=N–C) groups is 2. The molecule has 2 rings (SSSR count). The van der Waals surface area contributed by atoms with Gasteiger partial charge in [0, 0.05) is 0 Å². The first-order chi connectivity index (χ1) is 12.6. The standard InChI is InChI=1S/C16H23N5O6/c1-9(5-4-6-19(2)3)12-13(16(25)21(27)15(12)24)18-8-17-10-7-11(22)20(26)14(10)23/h9-10,12-13,26-27H,4-7H2,1-3H3. The summed E-state index contributed by atoms with van der Waals surface area (Å²) in [6.45, 7) is 2.61. The third-order valence-corrected chi connectivity index (χ3v) is 4.68. The van der Waals surface area contributed by atoms with E-state index in [2.05, 4.69) is 16.0 Å². The number of hydrogen-bond donors (Lipinski definition) is 2. The first kappa shape index (κ1) is 20.8. The molecule has 2 aliphatic heterocycles. The van der Waals surface area contributed by atoms with E-state index >= 15 is 0 Å². The van der Waals surface area contributed by atoms with Crippen molar-refractivity contribution in [3.63, 3.8) is 0 Å². The van der Waals surface area contributed by atoms with Crippen molar-refractivity contribution in [2.45, 2.75) is 38.3 Å². The predicted molar refractivity (Wildman–Crippen MR) is 89.8 cm³/mol. The van der Waals surface area contributed by atoms with Crippen molar-refractivity contribution in [3.05, 3.63) is 0 Å². The van der Waals surface area contributed by atoms with Crippen LogP contribution in [0.4, 0.5) is 0 Å². The Labute approximate surface area is 155 Å². The summed E-state index contributed by atoms with van der Waals surface area (Å²) in [6.07, 6.45) is 1.12. The van der Waals surface area contributed by atoms with Gasteiger partial charge in [0.2, 0.25) is 0 Å². The van der Waals surface area contributed by atoms with Crippen LogP contribution in [0, 0.1) is 11.8 Å². The monoisotopic (exact) mass is 381 g/mol. The lowest BCUT2D eigenvalue weighted by molar-refractivity contribution is -0.173. The summed E-state index contributed by atoms with van der Waals surface area (Å²) in [7, 11) is 3.85. The Hall–Kier alpha value is -2.46. The molecule has 2 saturated heterocycles. The normalized spacial score (nSPS) is 26.8. The fraction of sp³-hybridized carbons (Fsp3) is 0.688. The van der Waals surface area contributed by atoms with Crippen LogP contribution >= 0.6 is 0 Å². The third kappa shape index (κ3) is 4.45. The summed E-state index contributed by atoms with van der Waals surface area (Å²) in [5.41, 5.74) is 0. The summed E-state index contributed by atoms with van der Waals surface area (Å²) in [5, 5.41) is 18.9. The second-order valence-corrected chi connectivity index (χ2v) is 7.00. The number of carbonyl (C=O) groups excluding carboxylic acids is 4. The molecule has 4 atom stereocenters. The van der Waals surface area contributed by atoms with Crippen molar-refractivity contribution >= 4 is 29.6 Å². The molecule has 148 valence electrons. The van der Waals surface area contributed by atoms with Gasteiger partial charge in [-0.05, 0) is 39.4 Å². The van der Waals surface area contributed by atoms with Crippen LogP contribution in [0.2, 0.25) is 0 Å². The Morgan fingerprint density at radius 3 is 2.33 bits per heavy atom. The van der Waals surface area contributed by atoms with Gasteiger partial charge in [0.1, 0.15) is 0 Å². The van der Waals surface area contributed by atoms with Crippen LogP contribution in [0.25, 0.3) is 0 Å². The molecule has 2 aliphatic rings. The second kappa shape index (κ2) is 8.49. The molecular formula is C16H23N5O6. The molecule has 4 amide bonds. The molecule has 0 bridgehead atoms. The van der Waals surface area contributed by atoms with Gasteiger partial charge >= 0.3 is 0 Å². The topological polar surface area (TPSA) is 143 Å². The van der Waals surface area contributed by atoms with Crippen LogP contribution < -0.4 is 0 Å². The van der Waals surface area contributed by atoms with Crippen molar-refractivity contribution in [3.8, 4) is 0 Å². The van der Waals surface area contributed by atoms with Crippen molar-refractivity contribution in [2.24, 2.45) is 21.8 Å². The average Bonchev–Trinajstić information content (AvgIpc) is 2.97. The van der Waals surface area contributed by atoms with E-state index in [0.717, 1.165) is 13.0 Å². The largest absolute Gasteiger partial charge is 0.309 e. The molecule has 0 aliphatic carbocycles. The molecule has 4 unspecified atom stereocenters. The molecule has 0 saturated carbocycles. The maximum atomic E-state index is 12.2. The van der Waals surface area contributed by atoms with Crippen molar-refractivity contribution in [2.75, 3.05) is 20.6 Å². The van der Waals surface area contributed by atoms with E-state index in [1.54, 1.807) is 6.92 Å².